The predicted molar refractivity (Wildman–Crippen MR) is 77.5 cm³/mol. The highest BCUT2D eigenvalue weighted by Crippen LogP contribution is 2.14. The largest absolute Gasteiger partial charge is 0.463 e. The summed E-state index contributed by atoms with van der Waals surface area (Å²) in [4.78, 5) is 11.9. The van der Waals surface area contributed by atoms with E-state index in [2.05, 4.69) is 10.6 Å². The molecule has 1 aliphatic heterocycles. The second-order valence-electron chi connectivity index (χ2n) is 4.18. The average molecular weight is 276 g/mol. The zero-order valence-electron chi connectivity index (χ0n) is 10.7. The van der Waals surface area contributed by atoms with Crippen LogP contribution < -0.4 is 10.6 Å². The molecule has 19 heavy (non-hydrogen) atoms. The fourth-order valence-electron chi connectivity index (χ4n) is 1.95. The van der Waals surface area contributed by atoms with Crippen LogP contribution in [0, 0.1) is 0 Å². The van der Waals surface area contributed by atoms with E-state index in [1.165, 1.54) is 0 Å². The second-order valence-corrected chi connectivity index (χ2v) is 4.59. The summed E-state index contributed by atoms with van der Waals surface area (Å²) in [7, 11) is 0. The molecule has 0 saturated carbocycles. The van der Waals surface area contributed by atoms with Gasteiger partial charge >= 0.3 is 5.97 Å². The van der Waals surface area contributed by atoms with Gasteiger partial charge in [0, 0.05) is 6.20 Å². The molecule has 5 heteroatoms. The molecule has 1 aromatic rings. The van der Waals surface area contributed by atoms with E-state index in [-0.39, 0.29) is 12.0 Å². The van der Waals surface area contributed by atoms with Crippen molar-refractivity contribution in [3.8, 4) is 0 Å². The maximum atomic E-state index is 11.9. The van der Waals surface area contributed by atoms with Gasteiger partial charge < -0.3 is 15.4 Å². The Morgan fingerprint density at radius 1 is 1.37 bits per heavy atom. The highest BCUT2D eigenvalue weighted by molar-refractivity contribution is 7.80. The minimum atomic E-state index is -0.314. The predicted octanol–water partition coefficient (Wildman–Crippen LogP) is 1.52. The molecule has 1 aromatic carbocycles. The molecule has 1 unspecified atom stereocenters. The van der Waals surface area contributed by atoms with Crippen LogP contribution in [-0.2, 0) is 16.0 Å². The average Bonchev–Trinajstić information content (AvgIpc) is 2.40. The third kappa shape index (κ3) is 3.54. The first-order valence-corrected chi connectivity index (χ1v) is 6.59. The van der Waals surface area contributed by atoms with Gasteiger partial charge in [0.15, 0.2) is 5.11 Å². The van der Waals surface area contributed by atoms with Crippen molar-refractivity contribution in [1.29, 1.82) is 0 Å². The van der Waals surface area contributed by atoms with Crippen LogP contribution in [0.1, 0.15) is 12.5 Å². The summed E-state index contributed by atoms with van der Waals surface area (Å²) >= 11 is 5.08. The molecule has 1 atom stereocenters. The fourth-order valence-corrected chi connectivity index (χ4v) is 2.15. The van der Waals surface area contributed by atoms with E-state index in [1.807, 2.05) is 30.3 Å². The molecule has 0 radical (unpaired) electrons. The van der Waals surface area contributed by atoms with Gasteiger partial charge in [0.05, 0.1) is 18.2 Å². The second kappa shape index (κ2) is 6.33. The van der Waals surface area contributed by atoms with Crippen LogP contribution in [0.5, 0.6) is 0 Å². The number of nitrogens with one attached hydrogen (secondary N) is 2. The summed E-state index contributed by atoms with van der Waals surface area (Å²) < 4.78 is 5.05. The van der Waals surface area contributed by atoms with E-state index < -0.39 is 0 Å². The Morgan fingerprint density at radius 3 is 2.79 bits per heavy atom. The van der Waals surface area contributed by atoms with Gasteiger partial charge in [0.2, 0.25) is 0 Å². The topological polar surface area (TPSA) is 50.4 Å². The van der Waals surface area contributed by atoms with Gasteiger partial charge in [0.1, 0.15) is 0 Å². The van der Waals surface area contributed by atoms with Crippen LogP contribution in [0.15, 0.2) is 42.1 Å². The first kappa shape index (κ1) is 13.5. The van der Waals surface area contributed by atoms with Gasteiger partial charge in [-0.2, -0.15) is 0 Å². The molecule has 0 amide bonds. The normalized spacial score (nSPS) is 18.1. The smallest absolute Gasteiger partial charge is 0.337 e. The van der Waals surface area contributed by atoms with E-state index in [1.54, 1.807) is 13.1 Å². The van der Waals surface area contributed by atoms with Crippen molar-refractivity contribution in [3.05, 3.63) is 47.7 Å². The van der Waals surface area contributed by atoms with Crippen molar-refractivity contribution >= 4 is 23.3 Å². The van der Waals surface area contributed by atoms with Crippen LogP contribution in [0.4, 0.5) is 0 Å². The molecule has 0 aliphatic carbocycles. The Morgan fingerprint density at radius 2 is 2.11 bits per heavy atom. The highest BCUT2D eigenvalue weighted by atomic mass is 32.1. The number of benzene rings is 1. The lowest BCUT2D eigenvalue weighted by Crippen LogP contribution is -2.48. The first-order chi connectivity index (χ1) is 9.20. The van der Waals surface area contributed by atoms with Crippen LogP contribution in [0.2, 0.25) is 0 Å². The first-order valence-electron chi connectivity index (χ1n) is 6.19. The Hall–Kier alpha value is -1.88. The van der Waals surface area contributed by atoms with Crippen molar-refractivity contribution in [3.63, 3.8) is 0 Å². The number of ether oxygens (including phenoxy) is 1. The minimum absolute atomic E-state index is 0.157. The monoisotopic (exact) mass is 276 g/mol. The third-order valence-corrected chi connectivity index (χ3v) is 3.07. The zero-order chi connectivity index (χ0) is 13.7. The summed E-state index contributed by atoms with van der Waals surface area (Å²) in [5, 5.41) is 6.47. The summed E-state index contributed by atoms with van der Waals surface area (Å²) in [5.74, 6) is -0.314. The fraction of sp³-hybridized carbons (Fsp3) is 0.286. The van der Waals surface area contributed by atoms with Gasteiger partial charge in [-0.15, -0.1) is 0 Å². The van der Waals surface area contributed by atoms with E-state index >= 15 is 0 Å². The molecular formula is C14H16N2O2S. The summed E-state index contributed by atoms with van der Waals surface area (Å²) in [5.41, 5.74) is 1.71. The quantitative estimate of drug-likeness (QED) is 0.645. The SMILES string of the molecule is CCOC(=O)C1=CNC(=S)NC1Cc1ccccc1. The molecule has 1 heterocycles. The molecule has 1 aliphatic rings. The maximum Gasteiger partial charge on any atom is 0.337 e. The lowest BCUT2D eigenvalue weighted by molar-refractivity contribution is -0.138. The van der Waals surface area contributed by atoms with Crippen LogP contribution in [0.3, 0.4) is 0 Å². The Labute approximate surface area is 117 Å². The lowest BCUT2D eigenvalue weighted by atomic mass is 9.98. The Kier molecular flexibility index (Phi) is 4.52. The standard InChI is InChI=1S/C14H16N2O2S/c1-2-18-13(17)11-9-15-14(19)16-12(11)8-10-6-4-3-5-7-10/h3-7,9,12H,2,8H2,1H3,(H2,15,16,19). The summed E-state index contributed by atoms with van der Waals surface area (Å²) in [6, 6.07) is 9.80. The van der Waals surface area contributed by atoms with E-state index in [9.17, 15) is 4.79 Å². The third-order valence-electron chi connectivity index (χ3n) is 2.83. The number of carbonyl (C=O) groups excluding carboxylic acids is 1. The van der Waals surface area contributed by atoms with Gasteiger partial charge in [-0.3, -0.25) is 0 Å². The molecule has 0 bridgehead atoms. The highest BCUT2D eigenvalue weighted by Gasteiger charge is 2.26. The molecule has 0 saturated heterocycles. The van der Waals surface area contributed by atoms with E-state index in [4.69, 9.17) is 17.0 Å². The van der Waals surface area contributed by atoms with Crippen LogP contribution in [0.25, 0.3) is 0 Å². The summed E-state index contributed by atoms with van der Waals surface area (Å²) in [6.45, 7) is 2.15. The van der Waals surface area contributed by atoms with Crippen molar-refractivity contribution < 1.29 is 9.53 Å². The van der Waals surface area contributed by atoms with E-state index in [0.29, 0.717) is 23.7 Å². The van der Waals surface area contributed by atoms with Crippen LogP contribution in [-0.4, -0.2) is 23.7 Å². The van der Waals surface area contributed by atoms with E-state index in [0.717, 1.165) is 5.56 Å². The Bertz CT molecular complexity index is 499. The van der Waals surface area contributed by atoms with Gasteiger partial charge in [-0.1, -0.05) is 30.3 Å². The van der Waals surface area contributed by atoms with Crippen molar-refractivity contribution in [1.82, 2.24) is 10.6 Å². The molecule has 100 valence electrons. The minimum Gasteiger partial charge on any atom is -0.463 e. The van der Waals surface area contributed by atoms with Crippen molar-refractivity contribution in [2.75, 3.05) is 6.61 Å². The zero-order valence-corrected chi connectivity index (χ0v) is 11.5. The molecular weight excluding hydrogens is 260 g/mol. The molecule has 0 spiro atoms. The number of esters is 1. The molecule has 4 nitrogen and oxygen atoms in total. The number of rotatable bonds is 4. The lowest BCUT2D eigenvalue weighted by Gasteiger charge is -2.26. The molecule has 0 aromatic heterocycles. The van der Waals surface area contributed by atoms with Crippen LogP contribution >= 0.6 is 12.2 Å². The molecule has 2 rings (SSSR count). The number of hydrogen-bond acceptors (Lipinski definition) is 3. The number of hydrogen-bond donors (Lipinski definition) is 2. The van der Waals surface area contributed by atoms with Gasteiger partial charge in [0.25, 0.3) is 0 Å². The maximum absolute atomic E-state index is 11.9. The van der Waals surface area contributed by atoms with Crippen molar-refractivity contribution in [2.24, 2.45) is 0 Å². The van der Waals surface area contributed by atoms with Crippen molar-refractivity contribution in [2.45, 2.75) is 19.4 Å². The summed E-state index contributed by atoms with van der Waals surface area (Å²) in [6.07, 6.45) is 2.32. The molecule has 0 fully saturated rings. The number of thiocarbonyl (C=S) groups is 1. The van der Waals surface area contributed by atoms with Gasteiger partial charge in [-0.05, 0) is 31.1 Å². The molecule has 2 N–H and O–H groups in total. The number of carbonyl (C=O) groups is 1. The Balaban J connectivity index is 2.15. The van der Waals surface area contributed by atoms with Gasteiger partial charge in [-0.25, -0.2) is 4.79 Å².